The highest BCUT2D eigenvalue weighted by molar-refractivity contribution is 5.96. The summed E-state index contributed by atoms with van der Waals surface area (Å²) in [7, 11) is 0. The van der Waals surface area contributed by atoms with Crippen LogP contribution < -0.4 is 5.32 Å². The lowest BCUT2D eigenvalue weighted by Crippen LogP contribution is -2.39. The van der Waals surface area contributed by atoms with Crippen LogP contribution in [0.3, 0.4) is 0 Å². The second-order valence-corrected chi connectivity index (χ2v) is 5.67. The first kappa shape index (κ1) is 13.1. The first-order valence-corrected chi connectivity index (χ1v) is 7.55. The number of furan rings is 1. The molecule has 2 heterocycles. The third-order valence-electron chi connectivity index (χ3n) is 4.24. The number of rotatable bonds is 3. The fourth-order valence-electron chi connectivity index (χ4n) is 2.73. The first-order valence-electron chi connectivity index (χ1n) is 7.55. The molecule has 2 aromatic heterocycles. The average molecular weight is 292 g/mol. The van der Waals surface area contributed by atoms with Crippen molar-refractivity contribution in [3.8, 4) is 11.3 Å². The van der Waals surface area contributed by atoms with Gasteiger partial charge in [-0.25, -0.2) is 0 Å². The molecule has 0 spiro atoms. The number of fused-ring (bicyclic) bond motifs is 1. The minimum absolute atomic E-state index is 0.00530. The second kappa shape index (κ2) is 5.30. The quantitative estimate of drug-likeness (QED) is 0.799. The Labute approximate surface area is 128 Å². The molecule has 1 aromatic carbocycles. The predicted octanol–water partition coefficient (Wildman–Crippen LogP) is 3.78. The lowest BCUT2D eigenvalue weighted by molar-refractivity contribution is 0.0917. The van der Waals surface area contributed by atoms with Crippen LogP contribution in [-0.2, 0) is 0 Å². The predicted molar refractivity (Wildman–Crippen MR) is 84.6 cm³/mol. The van der Waals surface area contributed by atoms with Crippen LogP contribution in [0.2, 0.25) is 0 Å². The topological polar surface area (TPSA) is 55.1 Å². The molecule has 4 heteroatoms. The molecule has 1 aliphatic rings. The zero-order valence-electron chi connectivity index (χ0n) is 12.1. The van der Waals surface area contributed by atoms with Crippen LogP contribution in [0.5, 0.6) is 0 Å². The number of aromatic nitrogens is 1. The van der Waals surface area contributed by atoms with Crippen LogP contribution in [-0.4, -0.2) is 16.9 Å². The summed E-state index contributed by atoms with van der Waals surface area (Å²) < 4.78 is 5.40. The van der Waals surface area contributed by atoms with E-state index in [2.05, 4.69) is 10.3 Å². The number of carbonyl (C=O) groups excluding carboxylic acids is 1. The Hall–Kier alpha value is -2.62. The molecule has 4 rings (SSSR count). The number of pyridine rings is 1. The molecule has 1 fully saturated rings. The molecule has 22 heavy (non-hydrogen) atoms. The van der Waals surface area contributed by atoms with E-state index in [1.807, 2.05) is 36.4 Å². The van der Waals surface area contributed by atoms with Crippen LogP contribution in [0.4, 0.5) is 0 Å². The summed E-state index contributed by atoms with van der Waals surface area (Å²) in [6, 6.07) is 11.7. The van der Waals surface area contributed by atoms with E-state index in [4.69, 9.17) is 4.42 Å². The molecule has 0 radical (unpaired) electrons. The molecule has 0 saturated heterocycles. The number of carbonyl (C=O) groups is 1. The van der Waals surface area contributed by atoms with Crippen molar-refractivity contribution in [3.05, 3.63) is 54.4 Å². The van der Waals surface area contributed by atoms with Crippen molar-refractivity contribution < 1.29 is 9.21 Å². The smallest absolute Gasteiger partial charge is 0.251 e. The number of nitrogens with zero attached hydrogens (tertiary/aromatic N) is 1. The summed E-state index contributed by atoms with van der Waals surface area (Å²) in [6.45, 7) is 0. The molecule has 4 nitrogen and oxygen atoms in total. The van der Waals surface area contributed by atoms with E-state index in [9.17, 15) is 4.79 Å². The van der Waals surface area contributed by atoms with E-state index in [1.54, 1.807) is 12.5 Å². The van der Waals surface area contributed by atoms with Gasteiger partial charge in [-0.1, -0.05) is 12.1 Å². The fraction of sp³-hybridized carbons (Fsp3) is 0.222. The minimum Gasteiger partial charge on any atom is -0.464 e. The number of hydrogen-bond donors (Lipinski definition) is 1. The van der Waals surface area contributed by atoms with Crippen molar-refractivity contribution in [1.29, 1.82) is 0 Å². The molecule has 3 aromatic rings. The monoisotopic (exact) mass is 292 g/mol. The number of nitrogens with one attached hydrogen (secondary N) is 1. The summed E-state index contributed by atoms with van der Waals surface area (Å²) in [5.41, 5.74) is 3.36. The van der Waals surface area contributed by atoms with Gasteiger partial charge in [0.15, 0.2) is 0 Å². The molecule has 0 bridgehead atoms. The maximum atomic E-state index is 12.1. The molecule has 1 N–H and O–H groups in total. The van der Waals surface area contributed by atoms with Crippen LogP contribution >= 0.6 is 0 Å². The van der Waals surface area contributed by atoms with Crippen molar-refractivity contribution >= 4 is 16.9 Å². The number of benzene rings is 1. The van der Waals surface area contributed by atoms with Crippen LogP contribution in [0, 0.1) is 0 Å². The number of amides is 1. The Morgan fingerprint density at radius 1 is 1.14 bits per heavy atom. The van der Waals surface area contributed by atoms with E-state index < -0.39 is 0 Å². The van der Waals surface area contributed by atoms with Gasteiger partial charge in [-0.15, -0.1) is 0 Å². The Kier molecular flexibility index (Phi) is 3.15. The second-order valence-electron chi connectivity index (χ2n) is 5.67. The SMILES string of the molecule is O=C(NC1CCC1)c1ccc(-c2nccc3occc23)cc1. The fourth-order valence-corrected chi connectivity index (χ4v) is 2.73. The van der Waals surface area contributed by atoms with Crippen molar-refractivity contribution in [2.75, 3.05) is 0 Å². The zero-order valence-corrected chi connectivity index (χ0v) is 12.1. The molecule has 0 unspecified atom stereocenters. The maximum Gasteiger partial charge on any atom is 0.251 e. The largest absolute Gasteiger partial charge is 0.464 e. The molecule has 1 amide bonds. The van der Waals surface area contributed by atoms with Gasteiger partial charge in [0, 0.05) is 28.8 Å². The third-order valence-corrected chi connectivity index (χ3v) is 4.24. The Morgan fingerprint density at radius 2 is 1.95 bits per heavy atom. The molecular weight excluding hydrogens is 276 g/mol. The van der Waals surface area contributed by atoms with Gasteiger partial charge in [-0.2, -0.15) is 0 Å². The summed E-state index contributed by atoms with van der Waals surface area (Å²) in [6.07, 6.45) is 6.80. The van der Waals surface area contributed by atoms with Gasteiger partial charge in [0.1, 0.15) is 5.58 Å². The molecule has 1 aliphatic carbocycles. The lowest BCUT2D eigenvalue weighted by atomic mass is 9.93. The average Bonchev–Trinajstić information content (AvgIpc) is 2.99. The standard InChI is InChI=1S/C18H16N2O2/c21-18(20-14-2-1-3-14)13-6-4-12(5-7-13)17-15-9-11-22-16(15)8-10-19-17/h4-11,14H,1-3H2,(H,20,21). The van der Waals surface area contributed by atoms with E-state index in [0.29, 0.717) is 11.6 Å². The van der Waals surface area contributed by atoms with Crippen molar-refractivity contribution in [1.82, 2.24) is 10.3 Å². The van der Waals surface area contributed by atoms with Crippen molar-refractivity contribution in [2.24, 2.45) is 0 Å². The van der Waals surface area contributed by atoms with Gasteiger partial charge in [0.2, 0.25) is 0 Å². The highest BCUT2D eigenvalue weighted by Crippen LogP contribution is 2.27. The van der Waals surface area contributed by atoms with Crippen LogP contribution in [0.25, 0.3) is 22.2 Å². The summed E-state index contributed by atoms with van der Waals surface area (Å²) in [5.74, 6) is 0.00530. The maximum absolute atomic E-state index is 12.1. The van der Waals surface area contributed by atoms with Gasteiger partial charge in [-0.3, -0.25) is 9.78 Å². The summed E-state index contributed by atoms with van der Waals surface area (Å²) in [4.78, 5) is 16.6. The van der Waals surface area contributed by atoms with E-state index in [1.165, 1.54) is 6.42 Å². The molecular formula is C18H16N2O2. The van der Waals surface area contributed by atoms with Crippen molar-refractivity contribution in [2.45, 2.75) is 25.3 Å². The number of hydrogen-bond acceptors (Lipinski definition) is 3. The Bertz CT molecular complexity index is 816. The van der Waals surface area contributed by atoms with Gasteiger partial charge < -0.3 is 9.73 Å². The van der Waals surface area contributed by atoms with Gasteiger partial charge in [0.25, 0.3) is 5.91 Å². The molecule has 0 atom stereocenters. The Morgan fingerprint density at radius 3 is 2.68 bits per heavy atom. The van der Waals surface area contributed by atoms with Gasteiger partial charge in [0.05, 0.1) is 12.0 Å². The van der Waals surface area contributed by atoms with Gasteiger partial charge in [-0.05, 0) is 43.5 Å². The van der Waals surface area contributed by atoms with Crippen LogP contribution in [0.1, 0.15) is 29.6 Å². The zero-order chi connectivity index (χ0) is 14.9. The van der Waals surface area contributed by atoms with Crippen LogP contribution in [0.15, 0.2) is 53.3 Å². The lowest BCUT2D eigenvalue weighted by Gasteiger charge is -2.26. The van der Waals surface area contributed by atoms with E-state index in [0.717, 1.165) is 35.1 Å². The minimum atomic E-state index is 0.00530. The highest BCUT2D eigenvalue weighted by Gasteiger charge is 2.20. The van der Waals surface area contributed by atoms with Crippen molar-refractivity contribution in [3.63, 3.8) is 0 Å². The summed E-state index contributed by atoms with van der Waals surface area (Å²) >= 11 is 0. The normalized spacial score (nSPS) is 14.7. The molecule has 1 saturated carbocycles. The summed E-state index contributed by atoms with van der Waals surface area (Å²) in [5, 5.41) is 4.03. The highest BCUT2D eigenvalue weighted by atomic mass is 16.3. The van der Waals surface area contributed by atoms with E-state index in [-0.39, 0.29) is 5.91 Å². The van der Waals surface area contributed by atoms with E-state index >= 15 is 0 Å². The molecule has 0 aliphatic heterocycles. The molecule has 110 valence electrons. The third kappa shape index (κ3) is 2.26. The first-order chi connectivity index (χ1) is 10.8. The van der Waals surface area contributed by atoms with Gasteiger partial charge >= 0.3 is 0 Å². The Balaban J connectivity index is 1.61.